The number of halogens is 3. The third-order valence-corrected chi connectivity index (χ3v) is 8.04. The summed E-state index contributed by atoms with van der Waals surface area (Å²) in [4.78, 5) is 13.6. The van der Waals surface area contributed by atoms with Crippen LogP contribution in [0.25, 0.3) is 0 Å². The number of carbonyl (C=O) groups excluding carboxylic acids is 1. The van der Waals surface area contributed by atoms with Crippen LogP contribution in [-0.4, -0.2) is 87.1 Å². The molecule has 1 N–H and O–H groups in total. The number of likely N-dealkylation sites (N-methyl/N-ethyl adjacent to an activating group) is 1. The van der Waals surface area contributed by atoms with E-state index in [9.17, 15) is 31.5 Å². The van der Waals surface area contributed by atoms with E-state index in [0.29, 0.717) is 11.3 Å². The Labute approximate surface area is 219 Å². The molecular formula is C25H31F3N2O7S. The standard InChI is InChI=1S/C25H31F3N2O7S/c1-29(38(33,34)21-6-4-3-5-7-21)18-24(32)12-14-30(15-13-24)23(31)37-22(25(26,27)28)17-36-16-19-8-10-20(35-2)11-9-19/h3-11,22,32H,12-18H2,1-2H3/t22-/m1/s1. The summed E-state index contributed by atoms with van der Waals surface area (Å²) in [5.41, 5.74) is -0.842. The molecule has 0 radical (unpaired) electrons. The summed E-state index contributed by atoms with van der Waals surface area (Å²) in [6, 6.07) is 14.3. The second kappa shape index (κ2) is 12.3. The Kier molecular flexibility index (Phi) is 9.63. The first-order valence-corrected chi connectivity index (χ1v) is 13.2. The van der Waals surface area contributed by atoms with Crippen LogP contribution in [0.2, 0.25) is 0 Å². The van der Waals surface area contributed by atoms with E-state index >= 15 is 0 Å². The number of hydrogen-bond donors (Lipinski definition) is 1. The number of likely N-dealkylation sites (tertiary alicyclic amines) is 1. The number of nitrogens with zero attached hydrogens (tertiary/aromatic N) is 2. The number of aliphatic hydroxyl groups is 1. The maximum absolute atomic E-state index is 13.5. The molecule has 1 aliphatic rings. The van der Waals surface area contributed by atoms with Crippen LogP contribution in [0.1, 0.15) is 18.4 Å². The van der Waals surface area contributed by atoms with Crippen molar-refractivity contribution in [3.8, 4) is 5.75 Å². The van der Waals surface area contributed by atoms with Gasteiger partial charge < -0.3 is 24.2 Å². The summed E-state index contributed by atoms with van der Waals surface area (Å²) in [5.74, 6) is 0.591. The molecule has 2 aromatic carbocycles. The topological polar surface area (TPSA) is 106 Å². The van der Waals surface area contributed by atoms with Crippen LogP contribution in [0.3, 0.4) is 0 Å². The van der Waals surface area contributed by atoms with E-state index in [-0.39, 0.29) is 44.0 Å². The van der Waals surface area contributed by atoms with E-state index in [4.69, 9.17) is 14.2 Å². The van der Waals surface area contributed by atoms with E-state index in [1.807, 2.05) is 0 Å². The average Bonchev–Trinajstić information content (AvgIpc) is 2.88. The number of ether oxygens (including phenoxy) is 3. The van der Waals surface area contributed by atoms with Crippen molar-refractivity contribution < 1.29 is 45.7 Å². The number of methoxy groups -OCH3 is 1. The number of rotatable bonds is 10. The first-order valence-electron chi connectivity index (χ1n) is 11.8. The monoisotopic (exact) mass is 560 g/mol. The minimum Gasteiger partial charge on any atom is -0.497 e. The van der Waals surface area contributed by atoms with Crippen molar-refractivity contribution >= 4 is 16.1 Å². The van der Waals surface area contributed by atoms with Gasteiger partial charge in [-0.05, 0) is 42.7 Å². The SMILES string of the molecule is COc1ccc(COC[C@@H](OC(=O)N2CCC(O)(CN(C)S(=O)(=O)c3ccccc3)CC2)C(F)(F)F)cc1. The number of carbonyl (C=O) groups is 1. The maximum Gasteiger partial charge on any atom is 0.427 e. The second-order valence-electron chi connectivity index (χ2n) is 9.06. The predicted molar refractivity (Wildman–Crippen MR) is 131 cm³/mol. The van der Waals surface area contributed by atoms with Gasteiger partial charge in [0.05, 0.1) is 30.8 Å². The van der Waals surface area contributed by atoms with Gasteiger partial charge in [-0.25, -0.2) is 13.2 Å². The van der Waals surface area contributed by atoms with Crippen LogP contribution in [0.5, 0.6) is 5.75 Å². The molecule has 3 rings (SSSR count). The minimum absolute atomic E-state index is 0.0403. The highest BCUT2D eigenvalue weighted by molar-refractivity contribution is 7.89. The van der Waals surface area contributed by atoms with Gasteiger partial charge in [0.25, 0.3) is 0 Å². The molecule has 0 aromatic heterocycles. The summed E-state index contributed by atoms with van der Waals surface area (Å²) in [5, 5.41) is 10.9. The lowest BCUT2D eigenvalue weighted by Gasteiger charge is -2.39. The molecule has 1 fully saturated rings. The normalized spacial score (nSPS) is 16.8. The van der Waals surface area contributed by atoms with Crippen molar-refractivity contribution in [2.24, 2.45) is 0 Å². The van der Waals surface area contributed by atoms with Gasteiger partial charge in [0, 0.05) is 26.7 Å². The number of hydrogen-bond acceptors (Lipinski definition) is 7. The lowest BCUT2D eigenvalue weighted by Crippen LogP contribution is -2.53. The molecule has 210 valence electrons. The van der Waals surface area contributed by atoms with Crippen molar-refractivity contribution in [1.29, 1.82) is 0 Å². The zero-order valence-corrected chi connectivity index (χ0v) is 21.9. The molecule has 1 amide bonds. The van der Waals surface area contributed by atoms with E-state index in [1.165, 1.54) is 26.3 Å². The average molecular weight is 561 g/mol. The van der Waals surface area contributed by atoms with Crippen molar-refractivity contribution in [2.75, 3.05) is 40.4 Å². The zero-order chi connectivity index (χ0) is 28.0. The Morgan fingerprint density at radius 1 is 1.11 bits per heavy atom. The summed E-state index contributed by atoms with van der Waals surface area (Å²) in [6.07, 6.45) is -8.59. The predicted octanol–water partition coefficient (Wildman–Crippen LogP) is 3.43. The van der Waals surface area contributed by atoms with E-state index < -0.39 is 40.6 Å². The Morgan fingerprint density at radius 2 is 1.71 bits per heavy atom. The van der Waals surface area contributed by atoms with Crippen molar-refractivity contribution in [3.63, 3.8) is 0 Å². The summed E-state index contributed by atoms with van der Waals surface area (Å²) >= 11 is 0. The zero-order valence-electron chi connectivity index (χ0n) is 21.1. The number of sulfonamides is 1. The van der Waals surface area contributed by atoms with Crippen LogP contribution in [-0.2, 0) is 26.1 Å². The van der Waals surface area contributed by atoms with Crippen LogP contribution in [0.15, 0.2) is 59.5 Å². The van der Waals surface area contributed by atoms with Crippen LogP contribution in [0.4, 0.5) is 18.0 Å². The maximum atomic E-state index is 13.5. The Hall–Kier alpha value is -2.87. The minimum atomic E-state index is -4.85. The van der Waals surface area contributed by atoms with Crippen molar-refractivity contribution in [1.82, 2.24) is 9.21 Å². The quantitative estimate of drug-likeness (QED) is 0.475. The second-order valence-corrected chi connectivity index (χ2v) is 11.1. The fourth-order valence-electron chi connectivity index (χ4n) is 3.93. The summed E-state index contributed by atoms with van der Waals surface area (Å²) < 4.78 is 81.9. The van der Waals surface area contributed by atoms with E-state index in [2.05, 4.69) is 0 Å². The Morgan fingerprint density at radius 3 is 2.26 bits per heavy atom. The van der Waals surface area contributed by atoms with Gasteiger partial charge in [0.2, 0.25) is 16.1 Å². The van der Waals surface area contributed by atoms with Crippen LogP contribution >= 0.6 is 0 Å². The van der Waals surface area contributed by atoms with Gasteiger partial charge in [-0.2, -0.15) is 17.5 Å². The highest BCUT2D eigenvalue weighted by Crippen LogP contribution is 2.28. The van der Waals surface area contributed by atoms with E-state index in [1.54, 1.807) is 42.5 Å². The van der Waals surface area contributed by atoms with Crippen molar-refractivity contribution in [2.45, 2.75) is 42.2 Å². The molecule has 38 heavy (non-hydrogen) atoms. The molecular weight excluding hydrogens is 529 g/mol. The lowest BCUT2D eigenvalue weighted by atomic mass is 9.91. The molecule has 13 heteroatoms. The molecule has 1 aliphatic heterocycles. The molecule has 0 unspecified atom stereocenters. The fourth-order valence-corrected chi connectivity index (χ4v) is 5.20. The Balaban J connectivity index is 1.52. The lowest BCUT2D eigenvalue weighted by molar-refractivity contribution is -0.220. The van der Waals surface area contributed by atoms with Gasteiger partial charge in [0.15, 0.2) is 0 Å². The number of amides is 1. The molecule has 0 bridgehead atoms. The van der Waals surface area contributed by atoms with Crippen molar-refractivity contribution in [3.05, 3.63) is 60.2 Å². The molecule has 0 saturated carbocycles. The largest absolute Gasteiger partial charge is 0.497 e. The first-order chi connectivity index (χ1) is 17.8. The third-order valence-electron chi connectivity index (χ3n) is 6.23. The van der Waals surface area contributed by atoms with Gasteiger partial charge in [0.1, 0.15) is 5.75 Å². The van der Waals surface area contributed by atoms with Gasteiger partial charge >= 0.3 is 12.3 Å². The molecule has 0 aliphatic carbocycles. The third kappa shape index (κ3) is 7.82. The Bertz CT molecular complexity index is 1150. The molecule has 1 atom stereocenters. The first kappa shape index (κ1) is 29.7. The molecule has 9 nitrogen and oxygen atoms in total. The summed E-state index contributed by atoms with van der Waals surface area (Å²) in [7, 11) is -1.02. The van der Waals surface area contributed by atoms with Crippen LogP contribution < -0.4 is 4.74 Å². The van der Waals surface area contributed by atoms with Crippen LogP contribution in [0, 0.1) is 0 Å². The van der Waals surface area contributed by atoms with E-state index in [0.717, 1.165) is 9.21 Å². The van der Waals surface area contributed by atoms with Gasteiger partial charge in [-0.15, -0.1) is 0 Å². The highest BCUT2D eigenvalue weighted by atomic mass is 32.2. The number of piperidine rings is 1. The molecule has 0 spiro atoms. The molecule has 2 aromatic rings. The molecule has 1 saturated heterocycles. The summed E-state index contributed by atoms with van der Waals surface area (Å²) in [6.45, 7) is -1.46. The molecule has 1 heterocycles. The smallest absolute Gasteiger partial charge is 0.427 e. The highest BCUT2D eigenvalue weighted by Gasteiger charge is 2.45. The van der Waals surface area contributed by atoms with Gasteiger partial charge in [-0.1, -0.05) is 30.3 Å². The fraction of sp³-hybridized carbons (Fsp3) is 0.480. The number of alkyl halides is 3. The number of benzene rings is 2. The van der Waals surface area contributed by atoms with Gasteiger partial charge in [-0.3, -0.25) is 0 Å².